The molecule has 1 aliphatic heterocycles. The minimum atomic E-state index is -0.773. The summed E-state index contributed by atoms with van der Waals surface area (Å²) in [5.41, 5.74) is 0.722. The second kappa shape index (κ2) is 6.24. The van der Waals surface area contributed by atoms with Crippen LogP contribution >= 0.6 is 0 Å². The van der Waals surface area contributed by atoms with Crippen LogP contribution in [0.1, 0.15) is 37.7 Å². The second-order valence-electron chi connectivity index (χ2n) is 6.33. The predicted octanol–water partition coefficient (Wildman–Crippen LogP) is 3.05. The average molecular weight is 307 g/mol. The lowest BCUT2D eigenvalue weighted by atomic mass is 9.84. The van der Waals surface area contributed by atoms with E-state index >= 15 is 0 Å². The number of likely N-dealkylation sites (tertiary alicyclic amines) is 1. The standard InChI is InChI=1S/C17H22FNO3/c1-22-16-7-6-13(18)8-12(16)10-19-14-5-3-2-4-11(14)9-15(19)17(20)21/h6-8,11,14-15H,2-5,9-10H2,1H3,(H,20,21). The lowest BCUT2D eigenvalue weighted by Gasteiger charge is -2.33. The predicted molar refractivity (Wildman–Crippen MR) is 80.3 cm³/mol. The SMILES string of the molecule is COc1ccc(F)cc1CN1C(C(=O)O)CC2CCCCC21. The molecule has 1 aromatic rings. The number of methoxy groups -OCH3 is 1. The molecule has 0 aromatic heterocycles. The third kappa shape index (κ3) is 2.82. The van der Waals surface area contributed by atoms with Gasteiger partial charge < -0.3 is 9.84 Å². The average Bonchev–Trinajstić information content (AvgIpc) is 2.87. The fourth-order valence-electron chi connectivity index (χ4n) is 4.09. The fraction of sp³-hybridized carbons (Fsp3) is 0.588. The monoisotopic (exact) mass is 307 g/mol. The molecule has 4 nitrogen and oxygen atoms in total. The number of rotatable bonds is 4. The Bertz CT molecular complexity index is 563. The van der Waals surface area contributed by atoms with E-state index in [9.17, 15) is 14.3 Å². The molecule has 2 fully saturated rings. The van der Waals surface area contributed by atoms with Crippen LogP contribution in [0.25, 0.3) is 0 Å². The van der Waals surface area contributed by atoms with E-state index in [1.807, 2.05) is 4.90 Å². The summed E-state index contributed by atoms with van der Waals surface area (Å²) in [4.78, 5) is 13.7. The van der Waals surface area contributed by atoms with Crippen LogP contribution in [0, 0.1) is 11.7 Å². The van der Waals surface area contributed by atoms with Crippen molar-refractivity contribution in [2.45, 2.75) is 50.7 Å². The molecule has 120 valence electrons. The summed E-state index contributed by atoms with van der Waals surface area (Å²) in [6.07, 6.45) is 5.17. The number of ether oxygens (including phenoxy) is 1. The molecule has 3 unspecified atom stereocenters. The van der Waals surface area contributed by atoms with Crippen molar-refractivity contribution in [3.63, 3.8) is 0 Å². The van der Waals surface area contributed by atoms with Crippen molar-refractivity contribution < 1.29 is 19.0 Å². The molecule has 0 spiro atoms. The minimum Gasteiger partial charge on any atom is -0.496 e. The molecule has 1 saturated heterocycles. The number of hydrogen-bond donors (Lipinski definition) is 1. The van der Waals surface area contributed by atoms with Gasteiger partial charge in [-0.1, -0.05) is 12.8 Å². The fourth-order valence-corrected chi connectivity index (χ4v) is 4.09. The van der Waals surface area contributed by atoms with Crippen molar-refractivity contribution in [2.75, 3.05) is 7.11 Å². The van der Waals surface area contributed by atoms with Crippen LogP contribution in [0.4, 0.5) is 4.39 Å². The van der Waals surface area contributed by atoms with Crippen LogP contribution < -0.4 is 4.74 Å². The van der Waals surface area contributed by atoms with Gasteiger partial charge in [0, 0.05) is 18.2 Å². The second-order valence-corrected chi connectivity index (χ2v) is 6.33. The highest BCUT2D eigenvalue weighted by Crippen LogP contribution is 2.41. The van der Waals surface area contributed by atoms with Crippen molar-refractivity contribution in [2.24, 2.45) is 5.92 Å². The quantitative estimate of drug-likeness (QED) is 0.929. The lowest BCUT2D eigenvalue weighted by molar-refractivity contribution is -0.142. The number of carboxylic acids is 1. The van der Waals surface area contributed by atoms with Crippen molar-refractivity contribution >= 4 is 5.97 Å². The smallest absolute Gasteiger partial charge is 0.320 e. The molecule has 22 heavy (non-hydrogen) atoms. The Morgan fingerprint density at radius 3 is 2.91 bits per heavy atom. The van der Waals surface area contributed by atoms with Gasteiger partial charge >= 0.3 is 5.97 Å². The summed E-state index contributed by atoms with van der Waals surface area (Å²) in [6, 6.07) is 4.25. The van der Waals surface area contributed by atoms with Crippen LogP contribution in [0.3, 0.4) is 0 Å². The molecule has 0 radical (unpaired) electrons. The van der Waals surface area contributed by atoms with Gasteiger partial charge in [-0.25, -0.2) is 4.39 Å². The van der Waals surface area contributed by atoms with Gasteiger partial charge in [0.15, 0.2) is 0 Å². The number of hydrogen-bond acceptors (Lipinski definition) is 3. The van der Waals surface area contributed by atoms with Gasteiger partial charge in [0.25, 0.3) is 0 Å². The largest absolute Gasteiger partial charge is 0.496 e. The van der Waals surface area contributed by atoms with E-state index in [2.05, 4.69) is 0 Å². The lowest BCUT2D eigenvalue weighted by Crippen LogP contribution is -2.41. The molecule has 1 saturated carbocycles. The summed E-state index contributed by atoms with van der Waals surface area (Å²) in [5.74, 6) is -0.0222. The molecule has 0 amide bonds. The van der Waals surface area contributed by atoms with E-state index in [0.717, 1.165) is 24.8 Å². The Morgan fingerprint density at radius 2 is 2.18 bits per heavy atom. The summed E-state index contributed by atoms with van der Waals surface area (Å²) in [6.45, 7) is 0.430. The van der Waals surface area contributed by atoms with E-state index in [1.54, 1.807) is 13.2 Å². The van der Waals surface area contributed by atoms with Crippen molar-refractivity contribution in [3.05, 3.63) is 29.6 Å². The summed E-state index contributed by atoms with van der Waals surface area (Å²) in [5, 5.41) is 9.54. The molecular formula is C17H22FNO3. The highest BCUT2D eigenvalue weighted by molar-refractivity contribution is 5.74. The Kier molecular flexibility index (Phi) is 4.34. The van der Waals surface area contributed by atoms with Gasteiger partial charge in [-0.3, -0.25) is 9.69 Å². The maximum Gasteiger partial charge on any atom is 0.320 e. The van der Waals surface area contributed by atoms with Crippen molar-refractivity contribution in [1.82, 2.24) is 4.90 Å². The topological polar surface area (TPSA) is 49.8 Å². The highest BCUT2D eigenvalue weighted by Gasteiger charge is 2.45. The molecule has 3 rings (SSSR count). The van der Waals surface area contributed by atoms with Crippen molar-refractivity contribution in [1.29, 1.82) is 0 Å². The maximum atomic E-state index is 13.6. The number of halogens is 1. The Hall–Kier alpha value is -1.62. The van der Waals surface area contributed by atoms with Gasteiger partial charge in [0.2, 0.25) is 0 Å². The first-order valence-corrected chi connectivity index (χ1v) is 7.91. The van der Waals surface area contributed by atoms with Crippen LogP contribution in [0.5, 0.6) is 5.75 Å². The van der Waals surface area contributed by atoms with E-state index in [1.165, 1.54) is 18.6 Å². The van der Waals surface area contributed by atoms with E-state index in [4.69, 9.17) is 4.74 Å². The number of benzene rings is 1. The molecule has 1 heterocycles. The maximum absolute atomic E-state index is 13.6. The first-order valence-electron chi connectivity index (χ1n) is 7.91. The zero-order chi connectivity index (χ0) is 15.7. The number of aliphatic carboxylic acids is 1. The van der Waals surface area contributed by atoms with Crippen LogP contribution in [0.15, 0.2) is 18.2 Å². The zero-order valence-corrected chi connectivity index (χ0v) is 12.8. The normalized spacial score (nSPS) is 28.4. The van der Waals surface area contributed by atoms with Crippen LogP contribution in [-0.2, 0) is 11.3 Å². The third-order valence-electron chi connectivity index (χ3n) is 5.10. The molecule has 2 aliphatic rings. The minimum absolute atomic E-state index is 0.294. The first-order chi connectivity index (χ1) is 10.6. The van der Waals surface area contributed by atoms with Crippen molar-refractivity contribution in [3.8, 4) is 5.75 Å². The van der Waals surface area contributed by atoms with Gasteiger partial charge in [0.05, 0.1) is 7.11 Å². The molecule has 1 aliphatic carbocycles. The van der Waals surface area contributed by atoms with E-state index in [0.29, 0.717) is 30.7 Å². The molecule has 1 N–H and O–H groups in total. The van der Waals surface area contributed by atoms with Gasteiger partial charge in [-0.05, 0) is 43.4 Å². The third-order valence-corrected chi connectivity index (χ3v) is 5.10. The van der Waals surface area contributed by atoms with E-state index in [-0.39, 0.29) is 5.82 Å². The molecule has 0 bridgehead atoms. The highest BCUT2D eigenvalue weighted by atomic mass is 19.1. The van der Waals surface area contributed by atoms with Crippen LogP contribution in [-0.4, -0.2) is 35.2 Å². The van der Waals surface area contributed by atoms with E-state index < -0.39 is 12.0 Å². The summed E-state index contributed by atoms with van der Waals surface area (Å²) >= 11 is 0. The van der Waals surface area contributed by atoms with Gasteiger partial charge in [-0.15, -0.1) is 0 Å². The molecule has 5 heteroatoms. The van der Waals surface area contributed by atoms with Crippen LogP contribution in [0.2, 0.25) is 0 Å². The van der Waals surface area contributed by atoms with Gasteiger partial charge in [-0.2, -0.15) is 0 Å². The Balaban J connectivity index is 1.87. The zero-order valence-electron chi connectivity index (χ0n) is 12.8. The summed E-state index contributed by atoms with van der Waals surface area (Å²) < 4.78 is 18.9. The summed E-state index contributed by atoms with van der Waals surface area (Å²) in [7, 11) is 1.55. The number of fused-ring (bicyclic) bond motifs is 1. The molecule has 1 aromatic carbocycles. The first kappa shape index (κ1) is 15.3. The van der Waals surface area contributed by atoms with Gasteiger partial charge in [0.1, 0.15) is 17.6 Å². The Labute approximate surface area is 129 Å². The number of carboxylic acid groups (broad SMARTS) is 1. The Morgan fingerprint density at radius 1 is 1.41 bits per heavy atom. The molecule has 3 atom stereocenters. The number of carbonyl (C=O) groups is 1. The molecular weight excluding hydrogens is 285 g/mol. The number of nitrogens with zero attached hydrogens (tertiary/aromatic N) is 1.